The molecular formula is C42H75NO15. The summed E-state index contributed by atoms with van der Waals surface area (Å²) < 4.78 is 54.7. The number of hydrogen-bond donors (Lipinski definition) is 1. The molecule has 0 aromatic carbocycles. The summed E-state index contributed by atoms with van der Waals surface area (Å²) >= 11 is 0. The smallest absolute Gasteiger partial charge is 0.303 e. The predicted octanol–water partition coefficient (Wildman–Crippen LogP) is 5.53. The molecule has 0 saturated carbocycles. The lowest BCUT2D eigenvalue weighted by molar-refractivity contribution is -0.307. The van der Waals surface area contributed by atoms with Crippen LogP contribution in [0.15, 0.2) is 0 Å². The van der Waals surface area contributed by atoms with E-state index in [1.165, 1.54) is 103 Å². The third-order valence-electron chi connectivity index (χ3n) is 9.15. The average molecular weight is 834 g/mol. The monoisotopic (exact) mass is 834 g/mol. The predicted molar refractivity (Wildman–Crippen MR) is 214 cm³/mol. The molecule has 16 nitrogen and oxygen atoms in total. The molecule has 0 spiro atoms. The molecule has 58 heavy (non-hydrogen) atoms. The van der Waals surface area contributed by atoms with E-state index in [1.807, 2.05) is 0 Å². The van der Waals surface area contributed by atoms with E-state index in [9.17, 15) is 24.0 Å². The van der Waals surface area contributed by atoms with Crippen LogP contribution in [0.1, 0.15) is 137 Å². The summed E-state index contributed by atoms with van der Waals surface area (Å²) in [5.74, 6) is -3.29. The van der Waals surface area contributed by atoms with Crippen LogP contribution in [0, 0.1) is 0 Å². The van der Waals surface area contributed by atoms with Crippen LogP contribution in [-0.4, -0.2) is 133 Å². The van der Waals surface area contributed by atoms with Crippen molar-refractivity contribution >= 4 is 29.8 Å². The van der Waals surface area contributed by atoms with Gasteiger partial charge in [-0.15, -0.1) is 0 Å². The highest BCUT2D eigenvalue weighted by Crippen LogP contribution is 2.30. The minimum absolute atomic E-state index is 0.0200. The SMILES string of the molecule is CCCCCCCCCCCCCCCCCCOCCOCCOCCOCC(=O)NCCOC1O[C@H](COC(C)=O)[C@H](OC(C)=O)[C@H](OC(C)=O)[C@H]1OC(C)=O. The zero-order chi connectivity index (χ0) is 42.6. The lowest BCUT2D eigenvalue weighted by atomic mass is 9.98. The van der Waals surface area contributed by atoms with Gasteiger partial charge in [-0.2, -0.15) is 0 Å². The van der Waals surface area contributed by atoms with Gasteiger partial charge in [0, 0.05) is 40.8 Å². The van der Waals surface area contributed by atoms with Crippen LogP contribution in [-0.2, 0) is 71.3 Å². The fraction of sp³-hybridized carbons (Fsp3) is 0.881. The van der Waals surface area contributed by atoms with Gasteiger partial charge in [0.1, 0.15) is 19.3 Å². The van der Waals surface area contributed by atoms with Gasteiger partial charge in [0.25, 0.3) is 0 Å². The molecule has 1 heterocycles. The quantitative estimate of drug-likeness (QED) is 0.0467. The number of hydrogen-bond acceptors (Lipinski definition) is 15. The van der Waals surface area contributed by atoms with Gasteiger partial charge in [0.2, 0.25) is 5.91 Å². The van der Waals surface area contributed by atoms with E-state index in [1.54, 1.807) is 0 Å². The summed E-state index contributed by atoms with van der Waals surface area (Å²) in [6, 6.07) is 0. The van der Waals surface area contributed by atoms with Gasteiger partial charge < -0.3 is 52.7 Å². The molecule has 1 amide bonds. The zero-order valence-corrected chi connectivity index (χ0v) is 36.1. The molecule has 1 saturated heterocycles. The number of amides is 1. The Hall–Kier alpha value is -2.89. The Kier molecular flexibility index (Phi) is 33.0. The van der Waals surface area contributed by atoms with Crippen LogP contribution in [0.4, 0.5) is 0 Å². The van der Waals surface area contributed by atoms with Crippen molar-refractivity contribution in [2.24, 2.45) is 0 Å². The topological polar surface area (TPSA) is 190 Å². The normalized spacial score (nSPS) is 19.0. The molecule has 5 atom stereocenters. The number of ether oxygens (including phenoxy) is 10. The minimum Gasteiger partial charge on any atom is -0.463 e. The Morgan fingerprint density at radius 2 is 0.914 bits per heavy atom. The average Bonchev–Trinajstić information content (AvgIpc) is 3.17. The summed E-state index contributed by atoms with van der Waals surface area (Å²) in [7, 11) is 0. The van der Waals surface area contributed by atoms with Crippen LogP contribution in [0.5, 0.6) is 0 Å². The first-order valence-electron chi connectivity index (χ1n) is 21.5. The van der Waals surface area contributed by atoms with E-state index in [0.29, 0.717) is 33.0 Å². The van der Waals surface area contributed by atoms with Crippen LogP contribution >= 0.6 is 0 Å². The second-order valence-corrected chi connectivity index (χ2v) is 14.5. The maximum atomic E-state index is 12.2. The summed E-state index contributed by atoms with van der Waals surface area (Å²) in [4.78, 5) is 59.5. The van der Waals surface area contributed by atoms with Crippen molar-refractivity contribution in [2.75, 3.05) is 72.6 Å². The number of nitrogens with one attached hydrogen (secondary N) is 1. The Morgan fingerprint density at radius 1 is 0.483 bits per heavy atom. The van der Waals surface area contributed by atoms with Gasteiger partial charge in [0.05, 0.1) is 46.2 Å². The fourth-order valence-corrected chi connectivity index (χ4v) is 6.32. The highest BCUT2D eigenvalue weighted by molar-refractivity contribution is 5.77. The van der Waals surface area contributed by atoms with E-state index in [2.05, 4.69) is 12.2 Å². The second-order valence-electron chi connectivity index (χ2n) is 14.5. The Labute approximate surface area is 346 Å². The van der Waals surface area contributed by atoms with E-state index in [0.717, 1.165) is 33.8 Å². The van der Waals surface area contributed by atoms with Crippen molar-refractivity contribution < 1.29 is 71.3 Å². The Morgan fingerprint density at radius 3 is 1.40 bits per heavy atom. The van der Waals surface area contributed by atoms with E-state index >= 15 is 0 Å². The molecule has 0 aromatic rings. The van der Waals surface area contributed by atoms with E-state index < -0.39 is 60.5 Å². The first kappa shape index (κ1) is 53.1. The molecule has 0 aromatic heterocycles. The highest BCUT2D eigenvalue weighted by Gasteiger charge is 2.52. The largest absolute Gasteiger partial charge is 0.463 e. The van der Waals surface area contributed by atoms with Gasteiger partial charge in [-0.05, 0) is 6.42 Å². The fourth-order valence-electron chi connectivity index (χ4n) is 6.32. The molecule has 16 heteroatoms. The molecule has 0 aliphatic carbocycles. The summed E-state index contributed by atoms with van der Waals surface area (Å²) in [5.41, 5.74) is 0. The van der Waals surface area contributed by atoms with Crippen LogP contribution in [0.25, 0.3) is 0 Å². The molecule has 338 valence electrons. The van der Waals surface area contributed by atoms with Crippen LogP contribution < -0.4 is 5.32 Å². The zero-order valence-electron chi connectivity index (χ0n) is 36.1. The highest BCUT2D eigenvalue weighted by atomic mass is 16.7. The van der Waals surface area contributed by atoms with Crippen LogP contribution in [0.3, 0.4) is 0 Å². The number of carbonyl (C=O) groups is 5. The van der Waals surface area contributed by atoms with Gasteiger partial charge >= 0.3 is 23.9 Å². The molecule has 1 rings (SSSR count). The van der Waals surface area contributed by atoms with E-state index in [4.69, 9.17) is 47.4 Å². The molecule has 1 N–H and O–H groups in total. The van der Waals surface area contributed by atoms with Crippen molar-refractivity contribution in [1.82, 2.24) is 5.32 Å². The van der Waals surface area contributed by atoms with Crippen molar-refractivity contribution in [2.45, 2.75) is 168 Å². The van der Waals surface area contributed by atoms with Gasteiger partial charge in [0.15, 0.2) is 24.6 Å². The molecule has 1 fully saturated rings. The van der Waals surface area contributed by atoms with Crippen molar-refractivity contribution in [1.29, 1.82) is 0 Å². The van der Waals surface area contributed by atoms with Gasteiger partial charge in [-0.1, -0.05) is 103 Å². The molecule has 1 aliphatic rings. The van der Waals surface area contributed by atoms with Crippen molar-refractivity contribution in [3.63, 3.8) is 0 Å². The minimum atomic E-state index is -1.35. The van der Waals surface area contributed by atoms with Crippen LogP contribution in [0.2, 0.25) is 0 Å². The maximum Gasteiger partial charge on any atom is 0.303 e. The van der Waals surface area contributed by atoms with Crippen molar-refractivity contribution in [3.8, 4) is 0 Å². The Bertz CT molecular complexity index is 1090. The lowest BCUT2D eigenvalue weighted by Crippen LogP contribution is -2.63. The third kappa shape index (κ3) is 29.3. The molecule has 0 radical (unpaired) electrons. The third-order valence-corrected chi connectivity index (χ3v) is 9.15. The lowest BCUT2D eigenvalue weighted by Gasteiger charge is -2.44. The van der Waals surface area contributed by atoms with Gasteiger partial charge in [-0.25, -0.2) is 0 Å². The van der Waals surface area contributed by atoms with Gasteiger partial charge in [-0.3, -0.25) is 24.0 Å². The molecule has 0 bridgehead atoms. The number of esters is 4. The summed E-state index contributed by atoms with van der Waals surface area (Å²) in [5, 5.41) is 2.63. The summed E-state index contributed by atoms with van der Waals surface area (Å²) in [6.45, 7) is 9.30. The number of carbonyl (C=O) groups excluding carboxylic acids is 5. The molecular weight excluding hydrogens is 758 g/mol. The summed E-state index contributed by atoms with van der Waals surface area (Å²) in [6.07, 6.45) is 15.1. The molecule has 1 unspecified atom stereocenters. The number of unbranched alkanes of at least 4 members (excludes halogenated alkanes) is 15. The Balaban J connectivity index is 2.09. The second kappa shape index (κ2) is 36.0. The first-order valence-corrected chi connectivity index (χ1v) is 21.5. The number of rotatable bonds is 37. The van der Waals surface area contributed by atoms with Crippen molar-refractivity contribution in [3.05, 3.63) is 0 Å². The standard InChI is InChI=1S/C42H75NO15/c1-6-7-8-9-10-11-12-13-14-15-16-17-18-19-20-21-23-49-25-26-50-27-28-51-29-30-52-32-38(48)43-22-24-53-42-41(57-36(5)47)40(56-35(4)46)39(55-34(3)45)37(58-42)31-54-33(2)44/h37,39-42H,6-32H2,1-5H3,(H,43,48)/t37-,39+,40+,41-,42?/m1/s1. The first-order chi connectivity index (χ1) is 28.0. The maximum absolute atomic E-state index is 12.2. The van der Waals surface area contributed by atoms with E-state index in [-0.39, 0.29) is 33.0 Å². The molecule has 1 aliphatic heterocycles.